The molecule has 4 nitrogen and oxygen atoms in total. The molecule has 0 radical (unpaired) electrons. The number of aryl methyl sites for hydroxylation is 1. The Balaban J connectivity index is 1.84. The molecule has 3 rings (SSSR count). The topological polar surface area (TPSA) is 58.0 Å². The van der Waals surface area contributed by atoms with Gasteiger partial charge in [0.2, 0.25) is 5.28 Å². The van der Waals surface area contributed by atoms with Gasteiger partial charge in [0.15, 0.2) is 0 Å². The molecule has 0 amide bonds. The Morgan fingerprint density at radius 1 is 1.43 bits per heavy atom. The van der Waals surface area contributed by atoms with Crippen LogP contribution < -0.4 is 5.32 Å². The van der Waals surface area contributed by atoms with Gasteiger partial charge in [-0.25, -0.2) is 9.97 Å². The van der Waals surface area contributed by atoms with Crippen molar-refractivity contribution < 1.29 is 5.11 Å². The van der Waals surface area contributed by atoms with Gasteiger partial charge in [0.1, 0.15) is 10.6 Å². The van der Waals surface area contributed by atoms with E-state index in [1.165, 1.54) is 4.88 Å². The highest BCUT2D eigenvalue weighted by Gasteiger charge is 2.13. The molecule has 7 heteroatoms. The van der Waals surface area contributed by atoms with Gasteiger partial charge in [-0.1, -0.05) is 6.92 Å². The molecule has 0 aliphatic heterocycles. The van der Waals surface area contributed by atoms with Crippen LogP contribution in [0.2, 0.25) is 5.28 Å². The van der Waals surface area contributed by atoms with Crippen LogP contribution in [0.4, 0.5) is 5.82 Å². The lowest BCUT2D eigenvalue weighted by atomic mass is 10.2. The van der Waals surface area contributed by atoms with E-state index in [1.54, 1.807) is 22.7 Å². The van der Waals surface area contributed by atoms with Gasteiger partial charge in [-0.2, -0.15) is 11.3 Å². The van der Waals surface area contributed by atoms with Gasteiger partial charge in [-0.15, -0.1) is 11.3 Å². The molecule has 3 heterocycles. The van der Waals surface area contributed by atoms with Crippen molar-refractivity contribution in [2.45, 2.75) is 19.4 Å². The van der Waals surface area contributed by atoms with Gasteiger partial charge < -0.3 is 10.4 Å². The molecule has 0 spiro atoms. The zero-order valence-electron chi connectivity index (χ0n) is 11.3. The summed E-state index contributed by atoms with van der Waals surface area (Å²) in [6.45, 7) is 2.49. The normalized spacial score (nSPS) is 12.7. The number of anilines is 1. The maximum absolute atomic E-state index is 10.1. The SMILES string of the molecule is CCc1cc2c(NCC(O)c3ccsc3)nc(Cl)nc2s1. The molecular weight excluding hydrogens is 326 g/mol. The summed E-state index contributed by atoms with van der Waals surface area (Å²) in [5.41, 5.74) is 0.906. The Bertz CT molecular complexity index is 742. The molecule has 0 saturated carbocycles. The van der Waals surface area contributed by atoms with Crippen molar-refractivity contribution in [2.24, 2.45) is 0 Å². The minimum Gasteiger partial charge on any atom is -0.387 e. The van der Waals surface area contributed by atoms with E-state index in [1.807, 2.05) is 16.8 Å². The van der Waals surface area contributed by atoms with E-state index in [-0.39, 0.29) is 5.28 Å². The second-order valence-electron chi connectivity index (χ2n) is 4.58. The molecule has 110 valence electrons. The first-order valence-electron chi connectivity index (χ1n) is 6.57. The van der Waals surface area contributed by atoms with E-state index in [2.05, 4.69) is 28.3 Å². The molecular formula is C14H14ClN3OS2. The third-order valence-electron chi connectivity index (χ3n) is 3.16. The summed E-state index contributed by atoms with van der Waals surface area (Å²) in [6, 6.07) is 4.00. The number of fused-ring (bicyclic) bond motifs is 1. The zero-order chi connectivity index (χ0) is 14.8. The molecule has 3 aromatic rings. The second kappa shape index (κ2) is 6.27. The lowest BCUT2D eigenvalue weighted by Crippen LogP contribution is -2.12. The first-order valence-corrected chi connectivity index (χ1v) is 8.71. The molecule has 0 fully saturated rings. The van der Waals surface area contributed by atoms with E-state index in [4.69, 9.17) is 11.6 Å². The fourth-order valence-electron chi connectivity index (χ4n) is 2.03. The number of hydrogen-bond acceptors (Lipinski definition) is 6. The highest BCUT2D eigenvalue weighted by Crippen LogP contribution is 2.30. The van der Waals surface area contributed by atoms with Gasteiger partial charge >= 0.3 is 0 Å². The number of nitrogens with zero attached hydrogens (tertiary/aromatic N) is 2. The molecule has 21 heavy (non-hydrogen) atoms. The number of aromatic nitrogens is 2. The minimum absolute atomic E-state index is 0.222. The average molecular weight is 340 g/mol. The summed E-state index contributed by atoms with van der Waals surface area (Å²) in [7, 11) is 0. The van der Waals surface area contributed by atoms with Crippen molar-refractivity contribution in [2.75, 3.05) is 11.9 Å². The maximum Gasteiger partial charge on any atom is 0.225 e. The van der Waals surface area contributed by atoms with Crippen molar-refractivity contribution >= 4 is 50.3 Å². The van der Waals surface area contributed by atoms with Crippen LogP contribution in [-0.4, -0.2) is 21.6 Å². The first kappa shape index (κ1) is 14.7. The molecule has 1 atom stereocenters. The molecule has 2 N–H and O–H groups in total. The van der Waals surface area contributed by atoms with Crippen LogP contribution in [-0.2, 0) is 6.42 Å². The lowest BCUT2D eigenvalue weighted by Gasteiger charge is -2.11. The Hall–Kier alpha value is -1.21. The molecule has 1 unspecified atom stereocenters. The Labute approximate surface area is 135 Å². The Morgan fingerprint density at radius 2 is 2.29 bits per heavy atom. The number of aliphatic hydroxyl groups excluding tert-OH is 1. The van der Waals surface area contributed by atoms with Gasteiger partial charge in [-0.3, -0.25) is 0 Å². The van der Waals surface area contributed by atoms with Gasteiger partial charge in [0.05, 0.1) is 11.5 Å². The van der Waals surface area contributed by atoms with Crippen LogP contribution in [0.25, 0.3) is 10.2 Å². The first-order chi connectivity index (χ1) is 10.2. The quantitative estimate of drug-likeness (QED) is 0.687. The average Bonchev–Trinajstić information content (AvgIpc) is 3.12. The van der Waals surface area contributed by atoms with Crippen molar-refractivity contribution in [1.82, 2.24) is 9.97 Å². The second-order valence-corrected chi connectivity index (χ2v) is 6.81. The van der Waals surface area contributed by atoms with Crippen LogP contribution in [0.1, 0.15) is 23.5 Å². The van der Waals surface area contributed by atoms with Crippen molar-refractivity contribution in [3.05, 3.63) is 38.6 Å². The Morgan fingerprint density at radius 3 is 3.00 bits per heavy atom. The third kappa shape index (κ3) is 3.18. The number of aliphatic hydroxyl groups is 1. The Kier molecular flexibility index (Phi) is 4.40. The van der Waals surface area contributed by atoms with Crippen LogP contribution >= 0.6 is 34.3 Å². The molecule has 0 aromatic carbocycles. The van der Waals surface area contributed by atoms with Crippen LogP contribution in [0, 0.1) is 0 Å². The fourth-order valence-corrected chi connectivity index (χ4v) is 3.92. The lowest BCUT2D eigenvalue weighted by molar-refractivity contribution is 0.192. The summed E-state index contributed by atoms with van der Waals surface area (Å²) in [5.74, 6) is 0.676. The smallest absolute Gasteiger partial charge is 0.225 e. The van der Waals surface area contributed by atoms with Crippen LogP contribution in [0.15, 0.2) is 22.9 Å². The van der Waals surface area contributed by atoms with E-state index >= 15 is 0 Å². The van der Waals surface area contributed by atoms with Gasteiger partial charge in [-0.05, 0) is 46.5 Å². The van der Waals surface area contributed by atoms with Crippen molar-refractivity contribution in [1.29, 1.82) is 0 Å². The maximum atomic E-state index is 10.1. The summed E-state index contributed by atoms with van der Waals surface area (Å²) in [4.78, 5) is 10.6. The van der Waals surface area contributed by atoms with Crippen molar-refractivity contribution in [3.63, 3.8) is 0 Å². The summed E-state index contributed by atoms with van der Waals surface area (Å²) in [6.07, 6.45) is 0.389. The minimum atomic E-state index is -0.565. The molecule has 3 aromatic heterocycles. The predicted molar refractivity (Wildman–Crippen MR) is 89.6 cm³/mol. The number of hydrogen-bond donors (Lipinski definition) is 2. The van der Waals surface area contributed by atoms with Gasteiger partial charge in [0, 0.05) is 11.4 Å². The monoisotopic (exact) mass is 339 g/mol. The number of nitrogens with one attached hydrogen (secondary N) is 1. The number of thiophene rings is 2. The van der Waals surface area contributed by atoms with Crippen LogP contribution in [0.5, 0.6) is 0 Å². The predicted octanol–water partition coefficient (Wildman–Crippen LogP) is 4.11. The standard InChI is InChI=1S/C14H14ClN3OS2/c1-2-9-5-10-12(17-14(15)18-13(10)21-9)16-6-11(19)8-3-4-20-7-8/h3-5,7,11,19H,2,6H2,1H3,(H,16,17,18). The third-order valence-corrected chi connectivity index (χ3v) is 5.20. The van der Waals surface area contributed by atoms with Crippen molar-refractivity contribution in [3.8, 4) is 0 Å². The molecule has 0 saturated heterocycles. The number of halogens is 1. The van der Waals surface area contributed by atoms with E-state index in [0.29, 0.717) is 12.4 Å². The zero-order valence-corrected chi connectivity index (χ0v) is 13.7. The fraction of sp³-hybridized carbons (Fsp3) is 0.286. The molecule has 0 aliphatic rings. The van der Waals surface area contributed by atoms with E-state index < -0.39 is 6.10 Å². The van der Waals surface area contributed by atoms with E-state index in [9.17, 15) is 5.11 Å². The molecule has 0 aliphatic carbocycles. The summed E-state index contributed by atoms with van der Waals surface area (Å²) < 4.78 is 0. The van der Waals surface area contributed by atoms with Crippen LogP contribution in [0.3, 0.4) is 0 Å². The van der Waals surface area contributed by atoms with E-state index in [0.717, 1.165) is 22.2 Å². The highest BCUT2D eigenvalue weighted by molar-refractivity contribution is 7.18. The summed E-state index contributed by atoms with van der Waals surface area (Å²) >= 11 is 9.16. The highest BCUT2D eigenvalue weighted by atomic mass is 35.5. The van der Waals surface area contributed by atoms with Gasteiger partial charge in [0.25, 0.3) is 0 Å². The largest absolute Gasteiger partial charge is 0.387 e. The molecule has 0 bridgehead atoms. The summed E-state index contributed by atoms with van der Waals surface area (Å²) in [5, 5.41) is 18.4. The number of rotatable bonds is 5.